The number of hydrogen-bond acceptors (Lipinski definition) is 3. The zero-order valence-corrected chi connectivity index (χ0v) is 12.8. The van der Waals surface area contributed by atoms with Crippen molar-refractivity contribution in [3.05, 3.63) is 35.4 Å². The lowest BCUT2D eigenvalue weighted by atomic mass is 9.89. The van der Waals surface area contributed by atoms with Gasteiger partial charge in [-0.25, -0.2) is 0 Å². The largest absolute Gasteiger partial charge is 0.391 e. The number of nitrogens with two attached hydrogens (primary N) is 1. The monoisotopic (exact) mass is 278 g/mol. The Hall–Kier alpha value is -1.39. The molecule has 1 aromatic rings. The van der Waals surface area contributed by atoms with E-state index >= 15 is 0 Å². The van der Waals surface area contributed by atoms with Crippen LogP contribution in [0.15, 0.2) is 24.3 Å². The van der Waals surface area contributed by atoms with E-state index in [1.165, 1.54) is 0 Å². The number of carbonyl (C=O) groups is 1. The van der Waals surface area contributed by atoms with E-state index in [-0.39, 0.29) is 17.9 Å². The van der Waals surface area contributed by atoms with Crippen LogP contribution in [0.4, 0.5) is 0 Å². The first kappa shape index (κ1) is 16.7. The molecule has 2 atom stereocenters. The number of rotatable bonds is 5. The normalized spacial score (nSPS) is 14.7. The molecule has 0 aromatic heterocycles. The third kappa shape index (κ3) is 5.72. The molecule has 0 aliphatic rings. The van der Waals surface area contributed by atoms with Crippen molar-refractivity contribution in [3.63, 3.8) is 0 Å². The van der Waals surface area contributed by atoms with Gasteiger partial charge in [-0.15, -0.1) is 0 Å². The second-order valence-electron chi connectivity index (χ2n) is 6.55. The average Bonchev–Trinajstić information content (AvgIpc) is 2.34. The van der Waals surface area contributed by atoms with Gasteiger partial charge in [0.2, 0.25) is 5.91 Å². The first-order valence-electron chi connectivity index (χ1n) is 6.97. The van der Waals surface area contributed by atoms with Crippen LogP contribution in [0.25, 0.3) is 0 Å². The van der Waals surface area contributed by atoms with E-state index in [9.17, 15) is 9.90 Å². The third-order valence-electron chi connectivity index (χ3n) is 3.08. The van der Waals surface area contributed by atoms with Crippen molar-refractivity contribution >= 4 is 5.91 Å². The van der Waals surface area contributed by atoms with Crippen molar-refractivity contribution in [1.29, 1.82) is 0 Å². The van der Waals surface area contributed by atoms with Gasteiger partial charge >= 0.3 is 0 Å². The van der Waals surface area contributed by atoms with Gasteiger partial charge in [0.1, 0.15) is 6.04 Å². The van der Waals surface area contributed by atoms with Crippen LogP contribution in [-0.4, -0.2) is 23.7 Å². The summed E-state index contributed by atoms with van der Waals surface area (Å²) in [5, 5.41) is 12.6. The smallest absolute Gasteiger partial charge is 0.241 e. The Balaban J connectivity index is 2.48. The van der Waals surface area contributed by atoms with Crippen molar-refractivity contribution in [2.24, 2.45) is 11.1 Å². The van der Waals surface area contributed by atoms with E-state index in [1.807, 2.05) is 31.2 Å². The van der Waals surface area contributed by atoms with Crippen LogP contribution in [0, 0.1) is 12.3 Å². The minimum atomic E-state index is -0.697. The number of carbonyl (C=O) groups excluding carboxylic acids is 1. The summed E-state index contributed by atoms with van der Waals surface area (Å²) >= 11 is 0. The highest BCUT2D eigenvalue weighted by Crippen LogP contribution is 2.20. The summed E-state index contributed by atoms with van der Waals surface area (Å²) in [6, 6.07) is 6.86. The third-order valence-corrected chi connectivity index (χ3v) is 3.08. The zero-order chi connectivity index (χ0) is 15.3. The van der Waals surface area contributed by atoms with Crippen LogP contribution >= 0.6 is 0 Å². The highest BCUT2D eigenvalue weighted by Gasteiger charge is 2.19. The zero-order valence-electron chi connectivity index (χ0n) is 12.8. The predicted octanol–water partition coefficient (Wildman–Crippen LogP) is 1.91. The second kappa shape index (κ2) is 6.86. The van der Waals surface area contributed by atoms with E-state index in [2.05, 4.69) is 26.1 Å². The molecule has 0 aliphatic heterocycles. The molecule has 0 spiro atoms. The standard InChI is InChI=1S/C16H26N2O2/c1-11-5-7-12(8-6-11)14(17)15(20)18-10-13(19)9-16(2,3)4/h5-8,13-14,19H,9-10,17H2,1-4H3,(H,18,20). The molecule has 0 fully saturated rings. The quantitative estimate of drug-likeness (QED) is 0.770. The number of hydrogen-bond donors (Lipinski definition) is 3. The van der Waals surface area contributed by atoms with Gasteiger partial charge in [0.25, 0.3) is 0 Å². The summed E-state index contributed by atoms with van der Waals surface area (Å²) in [4.78, 5) is 12.0. The first-order chi connectivity index (χ1) is 9.19. The second-order valence-corrected chi connectivity index (χ2v) is 6.55. The molecule has 20 heavy (non-hydrogen) atoms. The van der Waals surface area contributed by atoms with E-state index in [1.54, 1.807) is 0 Å². The first-order valence-corrected chi connectivity index (χ1v) is 6.97. The fraction of sp³-hybridized carbons (Fsp3) is 0.562. The lowest BCUT2D eigenvalue weighted by Crippen LogP contribution is -2.39. The number of aliphatic hydroxyl groups is 1. The lowest BCUT2D eigenvalue weighted by molar-refractivity contribution is -0.123. The van der Waals surface area contributed by atoms with Gasteiger partial charge in [-0.3, -0.25) is 4.79 Å². The SMILES string of the molecule is Cc1ccc(C(N)C(=O)NCC(O)CC(C)(C)C)cc1. The maximum absolute atomic E-state index is 12.0. The van der Waals surface area contributed by atoms with E-state index < -0.39 is 12.1 Å². The van der Waals surface area contributed by atoms with E-state index in [4.69, 9.17) is 5.73 Å². The predicted molar refractivity (Wildman–Crippen MR) is 81.2 cm³/mol. The summed E-state index contributed by atoms with van der Waals surface area (Å²) in [5.41, 5.74) is 7.84. The topological polar surface area (TPSA) is 75.4 Å². The Morgan fingerprint density at radius 1 is 1.30 bits per heavy atom. The van der Waals surface area contributed by atoms with Gasteiger partial charge in [0.05, 0.1) is 6.10 Å². The highest BCUT2D eigenvalue weighted by molar-refractivity contribution is 5.82. The molecule has 4 nitrogen and oxygen atoms in total. The molecule has 2 unspecified atom stereocenters. The van der Waals surface area contributed by atoms with Crippen molar-refractivity contribution in [2.45, 2.75) is 46.3 Å². The molecule has 1 aromatic carbocycles. The van der Waals surface area contributed by atoms with E-state index in [0.717, 1.165) is 11.1 Å². The maximum atomic E-state index is 12.0. The molecule has 0 saturated heterocycles. The summed E-state index contributed by atoms with van der Waals surface area (Å²) < 4.78 is 0. The van der Waals surface area contributed by atoms with Gasteiger partial charge in [0, 0.05) is 6.54 Å². The molecule has 0 radical (unpaired) electrons. The maximum Gasteiger partial charge on any atom is 0.241 e. The van der Waals surface area contributed by atoms with Crippen LogP contribution in [0.5, 0.6) is 0 Å². The van der Waals surface area contributed by atoms with Gasteiger partial charge in [-0.05, 0) is 24.3 Å². The molecule has 4 N–H and O–H groups in total. The van der Waals surface area contributed by atoms with Gasteiger partial charge < -0.3 is 16.2 Å². The Kier molecular flexibility index (Phi) is 5.72. The summed E-state index contributed by atoms with van der Waals surface area (Å²) in [6.45, 7) is 8.37. The van der Waals surface area contributed by atoms with Gasteiger partial charge in [0.15, 0.2) is 0 Å². The number of aliphatic hydroxyl groups excluding tert-OH is 1. The molecule has 0 aliphatic carbocycles. The minimum absolute atomic E-state index is 0.0310. The lowest BCUT2D eigenvalue weighted by Gasteiger charge is -2.23. The molecule has 0 saturated carbocycles. The number of amides is 1. The van der Waals surface area contributed by atoms with Crippen LogP contribution in [0.1, 0.15) is 44.4 Å². The molecular weight excluding hydrogens is 252 g/mol. The van der Waals surface area contributed by atoms with Crippen LogP contribution in [0.2, 0.25) is 0 Å². The molecule has 0 heterocycles. The minimum Gasteiger partial charge on any atom is -0.391 e. The summed E-state index contributed by atoms with van der Waals surface area (Å²) in [5.74, 6) is -0.262. The van der Waals surface area contributed by atoms with Crippen LogP contribution in [-0.2, 0) is 4.79 Å². The Morgan fingerprint density at radius 3 is 2.35 bits per heavy atom. The summed E-state index contributed by atoms with van der Waals surface area (Å²) in [6.07, 6.45) is 0.0803. The number of aryl methyl sites for hydroxylation is 1. The fourth-order valence-electron chi connectivity index (χ4n) is 2.03. The Morgan fingerprint density at radius 2 is 1.85 bits per heavy atom. The highest BCUT2D eigenvalue weighted by atomic mass is 16.3. The average molecular weight is 278 g/mol. The molecule has 112 valence electrons. The molecule has 4 heteroatoms. The fourth-order valence-corrected chi connectivity index (χ4v) is 2.03. The van der Waals surface area contributed by atoms with Crippen molar-refractivity contribution in [2.75, 3.05) is 6.54 Å². The molecular formula is C16H26N2O2. The van der Waals surface area contributed by atoms with Crippen LogP contribution in [0.3, 0.4) is 0 Å². The Labute approximate surface area is 121 Å². The van der Waals surface area contributed by atoms with Crippen molar-refractivity contribution in [1.82, 2.24) is 5.32 Å². The Bertz CT molecular complexity index is 435. The van der Waals surface area contributed by atoms with Crippen LogP contribution < -0.4 is 11.1 Å². The van der Waals surface area contributed by atoms with Crippen molar-refractivity contribution in [3.8, 4) is 0 Å². The van der Waals surface area contributed by atoms with Crippen molar-refractivity contribution < 1.29 is 9.90 Å². The van der Waals surface area contributed by atoms with Gasteiger partial charge in [-0.2, -0.15) is 0 Å². The summed E-state index contributed by atoms with van der Waals surface area (Å²) in [7, 11) is 0. The number of benzene rings is 1. The molecule has 1 rings (SSSR count). The van der Waals surface area contributed by atoms with Gasteiger partial charge in [-0.1, -0.05) is 50.6 Å². The number of nitrogens with one attached hydrogen (secondary N) is 1. The molecule has 1 amide bonds. The van der Waals surface area contributed by atoms with E-state index in [0.29, 0.717) is 6.42 Å². The molecule has 0 bridgehead atoms.